The fraction of sp³-hybridized carbons (Fsp3) is 0.632. The zero-order valence-electron chi connectivity index (χ0n) is 15.9. The molecule has 1 N–H and O–H groups in total. The highest BCUT2D eigenvalue weighted by Gasteiger charge is 2.32. The second kappa shape index (κ2) is 9.63. The zero-order valence-corrected chi connectivity index (χ0v) is 15.9. The SMILES string of the molecule is CCNC(=NCC1(OC)CCOCC1)N(C)Cc1ccccc1OC. The Hall–Kier alpha value is -1.79. The van der Waals surface area contributed by atoms with Crippen molar-refractivity contribution in [3.8, 4) is 5.75 Å². The van der Waals surface area contributed by atoms with Gasteiger partial charge >= 0.3 is 0 Å². The number of ether oxygens (including phenoxy) is 3. The number of aliphatic imine (C=N–C) groups is 1. The van der Waals surface area contributed by atoms with Crippen LogP contribution in [-0.2, 0) is 16.0 Å². The number of methoxy groups -OCH3 is 2. The first-order valence-corrected chi connectivity index (χ1v) is 8.88. The zero-order chi connectivity index (χ0) is 18.1. The Morgan fingerprint density at radius 1 is 1.28 bits per heavy atom. The van der Waals surface area contributed by atoms with Crippen LogP contribution in [-0.4, -0.2) is 64.0 Å². The average Bonchev–Trinajstić information content (AvgIpc) is 2.66. The number of nitrogens with one attached hydrogen (secondary N) is 1. The minimum atomic E-state index is -0.218. The van der Waals surface area contributed by atoms with Crippen molar-refractivity contribution in [1.82, 2.24) is 10.2 Å². The highest BCUT2D eigenvalue weighted by atomic mass is 16.5. The Balaban J connectivity index is 2.09. The monoisotopic (exact) mass is 349 g/mol. The number of hydrogen-bond donors (Lipinski definition) is 1. The van der Waals surface area contributed by atoms with Crippen molar-refractivity contribution < 1.29 is 14.2 Å². The highest BCUT2D eigenvalue weighted by Crippen LogP contribution is 2.25. The van der Waals surface area contributed by atoms with Crippen LogP contribution in [0.4, 0.5) is 0 Å². The van der Waals surface area contributed by atoms with Crippen LogP contribution < -0.4 is 10.1 Å². The van der Waals surface area contributed by atoms with Crippen LogP contribution in [0.2, 0.25) is 0 Å². The lowest BCUT2D eigenvalue weighted by molar-refractivity contribution is -0.0829. The van der Waals surface area contributed by atoms with E-state index in [9.17, 15) is 0 Å². The third kappa shape index (κ3) is 5.34. The Kier molecular flexibility index (Phi) is 7.52. The molecule has 1 saturated heterocycles. The van der Waals surface area contributed by atoms with Crippen LogP contribution in [0.25, 0.3) is 0 Å². The summed E-state index contributed by atoms with van der Waals surface area (Å²) in [4.78, 5) is 6.96. The van der Waals surface area contributed by atoms with Crippen molar-refractivity contribution in [2.24, 2.45) is 4.99 Å². The Morgan fingerprint density at radius 3 is 2.64 bits per heavy atom. The minimum absolute atomic E-state index is 0.218. The van der Waals surface area contributed by atoms with E-state index in [2.05, 4.69) is 23.2 Å². The van der Waals surface area contributed by atoms with Crippen molar-refractivity contribution in [3.63, 3.8) is 0 Å². The molecule has 1 fully saturated rings. The number of benzene rings is 1. The van der Waals surface area contributed by atoms with Crippen LogP contribution in [0.3, 0.4) is 0 Å². The summed E-state index contributed by atoms with van der Waals surface area (Å²) in [5.41, 5.74) is 0.912. The first-order chi connectivity index (χ1) is 12.1. The van der Waals surface area contributed by atoms with E-state index >= 15 is 0 Å². The van der Waals surface area contributed by atoms with Crippen LogP contribution in [0.1, 0.15) is 25.3 Å². The minimum Gasteiger partial charge on any atom is -0.496 e. The highest BCUT2D eigenvalue weighted by molar-refractivity contribution is 5.79. The van der Waals surface area contributed by atoms with Gasteiger partial charge in [0.15, 0.2) is 5.96 Å². The molecule has 0 amide bonds. The molecular formula is C19H31N3O3. The molecule has 25 heavy (non-hydrogen) atoms. The third-order valence-electron chi connectivity index (χ3n) is 4.65. The van der Waals surface area contributed by atoms with Gasteiger partial charge in [-0.25, -0.2) is 0 Å². The first-order valence-electron chi connectivity index (χ1n) is 8.88. The molecule has 6 nitrogen and oxygen atoms in total. The topological polar surface area (TPSA) is 55.3 Å². The number of hydrogen-bond acceptors (Lipinski definition) is 4. The predicted octanol–water partition coefficient (Wildman–Crippen LogP) is 2.29. The van der Waals surface area contributed by atoms with Gasteiger partial charge in [0.1, 0.15) is 5.75 Å². The van der Waals surface area contributed by atoms with Crippen LogP contribution >= 0.6 is 0 Å². The van der Waals surface area contributed by atoms with E-state index in [1.54, 1.807) is 14.2 Å². The van der Waals surface area contributed by atoms with E-state index in [1.165, 1.54) is 0 Å². The normalized spacial score (nSPS) is 17.2. The number of guanidine groups is 1. The molecule has 0 aliphatic carbocycles. The van der Waals surface area contributed by atoms with Crippen molar-refractivity contribution in [1.29, 1.82) is 0 Å². The smallest absolute Gasteiger partial charge is 0.194 e. The lowest BCUT2D eigenvalue weighted by Gasteiger charge is -2.35. The summed E-state index contributed by atoms with van der Waals surface area (Å²) in [6.07, 6.45) is 1.76. The van der Waals surface area contributed by atoms with Gasteiger partial charge in [-0.1, -0.05) is 18.2 Å². The molecule has 0 atom stereocenters. The molecule has 140 valence electrons. The molecule has 0 bridgehead atoms. The van der Waals surface area contributed by atoms with Gasteiger partial charge in [0.25, 0.3) is 0 Å². The van der Waals surface area contributed by atoms with Crippen LogP contribution in [0.5, 0.6) is 5.75 Å². The molecular weight excluding hydrogens is 318 g/mol. The molecule has 1 aromatic rings. The molecule has 0 spiro atoms. The second-order valence-corrected chi connectivity index (χ2v) is 6.34. The molecule has 0 aromatic heterocycles. The lowest BCUT2D eigenvalue weighted by Crippen LogP contribution is -2.44. The Bertz CT molecular complexity index is 557. The summed E-state index contributed by atoms with van der Waals surface area (Å²) >= 11 is 0. The van der Waals surface area contributed by atoms with Crippen LogP contribution in [0, 0.1) is 0 Å². The summed E-state index contributed by atoms with van der Waals surface area (Å²) < 4.78 is 16.7. The van der Waals surface area contributed by atoms with Gasteiger partial charge in [-0.05, 0) is 13.0 Å². The fourth-order valence-corrected chi connectivity index (χ4v) is 3.02. The molecule has 1 aromatic carbocycles. The summed E-state index contributed by atoms with van der Waals surface area (Å²) in [6.45, 7) is 5.71. The standard InChI is InChI=1S/C19H31N3O3/c1-5-20-18(21-15-19(24-4)10-12-25-13-11-19)22(2)14-16-8-6-7-9-17(16)23-3/h6-9H,5,10-15H2,1-4H3,(H,20,21). The van der Waals surface area contributed by atoms with Gasteiger partial charge in [0.2, 0.25) is 0 Å². The quantitative estimate of drug-likeness (QED) is 0.605. The second-order valence-electron chi connectivity index (χ2n) is 6.34. The van der Waals surface area contributed by atoms with Gasteiger partial charge in [-0.3, -0.25) is 4.99 Å². The molecule has 1 aliphatic rings. The Labute approximate surface area is 151 Å². The summed E-state index contributed by atoms with van der Waals surface area (Å²) in [5.74, 6) is 1.76. The van der Waals surface area contributed by atoms with E-state index in [4.69, 9.17) is 19.2 Å². The molecule has 6 heteroatoms. The molecule has 0 unspecified atom stereocenters. The molecule has 1 heterocycles. The maximum Gasteiger partial charge on any atom is 0.194 e. The maximum atomic E-state index is 5.79. The van der Waals surface area contributed by atoms with E-state index in [0.717, 1.165) is 56.4 Å². The number of rotatable bonds is 7. The van der Waals surface area contributed by atoms with Crippen molar-refractivity contribution in [2.75, 3.05) is 47.6 Å². The number of nitrogens with zero attached hydrogens (tertiary/aromatic N) is 2. The maximum absolute atomic E-state index is 5.79. The van der Waals surface area contributed by atoms with E-state index < -0.39 is 0 Å². The number of para-hydroxylation sites is 1. The predicted molar refractivity (Wildman–Crippen MR) is 100 cm³/mol. The molecule has 2 rings (SSSR count). The van der Waals surface area contributed by atoms with Crippen LogP contribution in [0.15, 0.2) is 29.3 Å². The molecule has 0 radical (unpaired) electrons. The van der Waals surface area contributed by atoms with E-state index in [1.807, 2.05) is 25.2 Å². The largest absolute Gasteiger partial charge is 0.496 e. The van der Waals surface area contributed by atoms with E-state index in [0.29, 0.717) is 6.54 Å². The molecule has 1 aliphatic heterocycles. The first kappa shape index (κ1) is 19.5. The molecule has 0 saturated carbocycles. The van der Waals surface area contributed by atoms with Gasteiger partial charge in [-0.2, -0.15) is 0 Å². The Morgan fingerprint density at radius 2 is 2.00 bits per heavy atom. The summed E-state index contributed by atoms with van der Waals surface area (Å²) in [5, 5.41) is 3.37. The third-order valence-corrected chi connectivity index (χ3v) is 4.65. The van der Waals surface area contributed by atoms with Gasteiger partial charge in [0, 0.05) is 58.9 Å². The van der Waals surface area contributed by atoms with Gasteiger partial charge in [0.05, 0.1) is 19.3 Å². The average molecular weight is 349 g/mol. The lowest BCUT2D eigenvalue weighted by atomic mass is 9.94. The van der Waals surface area contributed by atoms with E-state index in [-0.39, 0.29) is 5.60 Å². The fourth-order valence-electron chi connectivity index (χ4n) is 3.02. The van der Waals surface area contributed by atoms with Gasteiger partial charge in [-0.15, -0.1) is 0 Å². The van der Waals surface area contributed by atoms with Crippen molar-refractivity contribution in [3.05, 3.63) is 29.8 Å². The van der Waals surface area contributed by atoms with Crippen molar-refractivity contribution >= 4 is 5.96 Å². The van der Waals surface area contributed by atoms with Gasteiger partial charge < -0.3 is 24.4 Å². The summed E-state index contributed by atoms with van der Waals surface area (Å²) in [7, 11) is 5.51. The summed E-state index contributed by atoms with van der Waals surface area (Å²) in [6, 6.07) is 8.07. The van der Waals surface area contributed by atoms with Crippen molar-refractivity contribution in [2.45, 2.75) is 31.9 Å².